The molecule has 0 saturated heterocycles. The molecule has 3 N–H and O–H groups in total. The Morgan fingerprint density at radius 3 is 2.26 bits per heavy atom. The molecular formula is C13H18BrN3O2. The van der Waals surface area contributed by atoms with Crippen molar-refractivity contribution < 1.29 is 9.59 Å². The first kappa shape index (κ1) is 15.7. The van der Waals surface area contributed by atoms with Gasteiger partial charge in [-0.1, -0.05) is 28.1 Å². The lowest BCUT2D eigenvalue weighted by atomic mass is 10.1. The lowest BCUT2D eigenvalue weighted by Crippen LogP contribution is -2.47. The smallest absolute Gasteiger partial charge is 0.321 e. The van der Waals surface area contributed by atoms with Crippen molar-refractivity contribution in [1.29, 1.82) is 0 Å². The lowest BCUT2D eigenvalue weighted by molar-refractivity contribution is -0.121. The zero-order valence-corrected chi connectivity index (χ0v) is 12.7. The summed E-state index contributed by atoms with van der Waals surface area (Å²) >= 11 is 3.37. The standard InChI is InChI=1S/C13H18BrN3O2/c1-8(10-4-6-11(14)7-5-10)16-9(2)12(18)17-13(19)15-3/h4-9,16H,1-3H3,(H2,15,17,18,19). The van der Waals surface area contributed by atoms with Gasteiger partial charge >= 0.3 is 6.03 Å². The zero-order chi connectivity index (χ0) is 14.4. The highest BCUT2D eigenvalue weighted by molar-refractivity contribution is 9.10. The Bertz CT molecular complexity index is 448. The Morgan fingerprint density at radius 1 is 1.16 bits per heavy atom. The van der Waals surface area contributed by atoms with Crippen LogP contribution in [-0.2, 0) is 4.79 Å². The van der Waals surface area contributed by atoms with Gasteiger partial charge < -0.3 is 5.32 Å². The summed E-state index contributed by atoms with van der Waals surface area (Å²) in [6.07, 6.45) is 0. The van der Waals surface area contributed by atoms with E-state index in [2.05, 4.69) is 31.9 Å². The molecular weight excluding hydrogens is 310 g/mol. The molecule has 2 unspecified atom stereocenters. The fraction of sp³-hybridized carbons (Fsp3) is 0.385. The van der Waals surface area contributed by atoms with Gasteiger partial charge in [-0.05, 0) is 31.5 Å². The van der Waals surface area contributed by atoms with E-state index in [1.165, 1.54) is 7.05 Å². The van der Waals surface area contributed by atoms with Gasteiger partial charge in [0, 0.05) is 17.6 Å². The largest absolute Gasteiger partial charge is 0.341 e. The number of hydrogen-bond donors (Lipinski definition) is 3. The molecule has 0 bridgehead atoms. The average Bonchev–Trinajstić information content (AvgIpc) is 2.38. The van der Waals surface area contributed by atoms with Crippen LogP contribution in [0, 0.1) is 0 Å². The topological polar surface area (TPSA) is 70.2 Å². The van der Waals surface area contributed by atoms with Crippen molar-refractivity contribution in [3.05, 3.63) is 34.3 Å². The highest BCUT2D eigenvalue weighted by Crippen LogP contribution is 2.16. The fourth-order valence-corrected chi connectivity index (χ4v) is 1.85. The molecule has 0 aliphatic heterocycles. The van der Waals surface area contributed by atoms with Gasteiger partial charge in [-0.25, -0.2) is 4.79 Å². The Hall–Kier alpha value is -1.40. The van der Waals surface area contributed by atoms with Crippen LogP contribution in [0.1, 0.15) is 25.5 Å². The van der Waals surface area contributed by atoms with Crippen LogP contribution in [0.2, 0.25) is 0 Å². The first-order valence-corrected chi connectivity index (χ1v) is 6.77. The summed E-state index contributed by atoms with van der Waals surface area (Å²) < 4.78 is 1.01. The number of hydrogen-bond acceptors (Lipinski definition) is 3. The predicted octanol–water partition coefficient (Wildman–Crippen LogP) is 1.94. The van der Waals surface area contributed by atoms with Crippen LogP contribution in [0.5, 0.6) is 0 Å². The molecule has 0 radical (unpaired) electrons. The monoisotopic (exact) mass is 327 g/mol. The molecule has 1 aromatic rings. The predicted molar refractivity (Wildman–Crippen MR) is 77.8 cm³/mol. The van der Waals surface area contributed by atoms with Gasteiger partial charge in [-0.3, -0.25) is 15.4 Å². The highest BCUT2D eigenvalue weighted by atomic mass is 79.9. The van der Waals surface area contributed by atoms with Gasteiger partial charge in [-0.2, -0.15) is 0 Å². The molecule has 1 rings (SSSR count). The van der Waals surface area contributed by atoms with Gasteiger partial charge in [0.25, 0.3) is 0 Å². The Morgan fingerprint density at radius 2 is 1.74 bits per heavy atom. The number of halogens is 1. The molecule has 0 saturated carbocycles. The van der Waals surface area contributed by atoms with E-state index >= 15 is 0 Å². The van der Waals surface area contributed by atoms with E-state index in [1.807, 2.05) is 31.2 Å². The maximum absolute atomic E-state index is 11.7. The van der Waals surface area contributed by atoms with Gasteiger partial charge in [-0.15, -0.1) is 0 Å². The Kier molecular flexibility index (Phi) is 5.98. The van der Waals surface area contributed by atoms with Crippen LogP contribution in [0.4, 0.5) is 4.79 Å². The van der Waals surface area contributed by atoms with Crippen LogP contribution in [-0.4, -0.2) is 25.0 Å². The molecule has 6 heteroatoms. The summed E-state index contributed by atoms with van der Waals surface area (Å²) in [5, 5.41) is 7.71. The molecule has 3 amide bonds. The molecule has 0 aliphatic carbocycles. The minimum absolute atomic E-state index is 0.0125. The minimum Gasteiger partial charge on any atom is -0.341 e. The summed E-state index contributed by atoms with van der Waals surface area (Å²) in [6, 6.07) is 6.89. The third kappa shape index (κ3) is 5.00. The summed E-state index contributed by atoms with van der Waals surface area (Å²) in [7, 11) is 1.46. The quantitative estimate of drug-likeness (QED) is 0.791. The molecule has 5 nitrogen and oxygen atoms in total. The molecule has 0 spiro atoms. The fourth-order valence-electron chi connectivity index (χ4n) is 1.58. The third-order valence-electron chi connectivity index (χ3n) is 2.73. The van der Waals surface area contributed by atoms with E-state index in [4.69, 9.17) is 0 Å². The molecule has 2 atom stereocenters. The maximum Gasteiger partial charge on any atom is 0.321 e. The number of amides is 3. The summed E-state index contributed by atoms with van der Waals surface area (Å²) in [6.45, 7) is 3.68. The molecule has 104 valence electrons. The lowest BCUT2D eigenvalue weighted by Gasteiger charge is -2.19. The van der Waals surface area contributed by atoms with Crippen molar-refractivity contribution >= 4 is 27.9 Å². The Balaban J connectivity index is 2.56. The van der Waals surface area contributed by atoms with E-state index in [-0.39, 0.29) is 11.9 Å². The number of benzene rings is 1. The molecule has 0 aliphatic rings. The number of nitrogens with one attached hydrogen (secondary N) is 3. The minimum atomic E-state index is -0.505. The number of carbonyl (C=O) groups is 2. The first-order chi connectivity index (χ1) is 8.93. The number of imide groups is 1. The second-order valence-corrected chi connectivity index (χ2v) is 5.15. The molecule has 19 heavy (non-hydrogen) atoms. The number of carbonyl (C=O) groups excluding carboxylic acids is 2. The van der Waals surface area contributed by atoms with Crippen LogP contribution in [0.25, 0.3) is 0 Å². The molecule has 1 aromatic carbocycles. The van der Waals surface area contributed by atoms with Gasteiger partial charge in [0.2, 0.25) is 5.91 Å². The molecule has 0 fully saturated rings. The van der Waals surface area contributed by atoms with Crippen LogP contribution >= 0.6 is 15.9 Å². The van der Waals surface area contributed by atoms with Crippen molar-refractivity contribution in [3.63, 3.8) is 0 Å². The van der Waals surface area contributed by atoms with Crippen LogP contribution < -0.4 is 16.0 Å². The molecule has 0 heterocycles. The van der Waals surface area contributed by atoms with Crippen molar-refractivity contribution in [2.24, 2.45) is 0 Å². The normalized spacial score (nSPS) is 13.5. The van der Waals surface area contributed by atoms with Gasteiger partial charge in [0.1, 0.15) is 0 Å². The summed E-state index contributed by atoms with van der Waals surface area (Å²) in [5.74, 6) is -0.358. The van der Waals surface area contributed by atoms with E-state index in [0.29, 0.717) is 0 Å². The van der Waals surface area contributed by atoms with Crippen molar-refractivity contribution in [2.45, 2.75) is 25.9 Å². The van der Waals surface area contributed by atoms with E-state index < -0.39 is 12.1 Å². The first-order valence-electron chi connectivity index (χ1n) is 5.98. The summed E-state index contributed by atoms with van der Waals surface area (Å²) in [4.78, 5) is 22.7. The van der Waals surface area contributed by atoms with Crippen molar-refractivity contribution in [1.82, 2.24) is 16.0 Å². The van der Waals surface area contributed by atoms with E-state index in [0.717, 1.165) is 10.0 Å². The zero-order valence-electron chi connectivity index (χ0n) is 11.2. The van der Waals surface area contributed by atoms with E-state index in [9.17, 15) is 9.59 Å². The van der Waals surface area contributed by atoms with Crippen LogP contribution in [0.3, 0.4) is 0 Å². The SMILES string of the molecule is CNC(=O)NC(=O)C(C)NC(C)c1ccc(Br)cc1. The average molecular weight is 328 g/mol. The highest BCUT2D eigenvalue weighted by Gasteiger charge is 2.17. The van der Waals surface area contributed by atoms with Crippen molar-refractivity contribution in [3.8, 4) is 0 Å². The van der Waals surface area contributed by atoms with Gasteiger partial charge in [0.05, 0.1) is 6.04 Å². The van der Waals surface area contributed by atoms with E-state index in [1.54, 1.807) is 6.92 Å². The maximum atomic E-state index is 11.7. The third-order valence-corrected chi connectivity index (χ3v) is 3.26. The Labute approximate surface area is 121 Å². The summed E-state index contributed by atoms with van der Waals surface area (Å²) in [5.41, 5.74) is 1.07. The van der Waals surface area contributed by atoms with Crippen molar-refractivity contribution in [2.75, 3.05) is 7.05 Å². The number of urea groups is 1. The second-order valence-electron chi connectivity index (χ2n) is 4.23. The molecule has 0 aromatic heterocycles. The van der Waals surface area contributed by atoms with Crippen LogP contribution in [0.15, 0.2) is 28.7 Å². The number of rotatable bonds is 4. The second kappa shape index (κ2) is 7.25. The van der Waals surface area contributed by atoms with Gasteiger partial charge in [0.15, 0.2) is 0 Å².